The molecular weight excluding hydrogens is 262 g/mol. The summed E-state index contributed by atoms with van der Waals surface area (Å²) >= 11 is 0. The van der Waals surface area contributed by atoms with Crippen LogP contribution in [0.15, 0.2) is 30.3 Å². The van der Waals surface area contributed by atoms with Crippen molar-refractivity contribution < 1.29 is 24.5 Å². The van der Waals surface area contributed by atoms with Crippen LogP contribution < -0.4 is 4.74 Å². The summed E-state index contributed by atoms with van der Waals surface area (Å²) in [4.78, 5) is 23.8. The number of para-hydroxylation sites is 1. The molecule has 2 atom stereocenters. The third kappa shape index (κ3) is 3.71. The summed E-state index contributed by atoms with van der Waals surface area (Å²) in [5.74, 6) is -1.25. The first-order valence-electron chi connectivity index (χ1n) is 6.42. The average Bonchev–Trinajstić information content (AvgIpc) is 2.79. The molecule has 0 radical (unpaired) electrons. The first-order valence-corrected chi connectivity index (χ1v) is 6.42. The summed E-state index contributed by atoms with van der Waals surface area (Å²) in [7, 11) is 0. The van der Waals surface area contributed by atoms with Crippen LogP contribution in [0.4, 0.5) is 0 Å². The van der Waals surface area contributed by atoms with Crippen LogP contribution in [0.2, 0.25) is 0 Å². The van der Waals surface area contributed by atoms with Crippen LogP contribution in [-0.4, -0.2) is 52.8 Å². The van der Waals surface area contributed by atoms with E-state index in [4.69, 9.17) is 9.84 Å². The van der Waals surface area contributed by atoms with Gasteiger partial charge in [0.1, 0.15) is 18.5 Å². The molecule has 1 amide bonds. The van der Waals surface area contributed by atoms with E-state index < -0.39 is 18.0 Å². The zero-order valence-electron chi connectivity index (χ0n) is 10.9. The van der Waals surface area contributed by atoms with Crippen molar-refractivity contribution >= 4 is 11.9 Å². The number of carbonyl (C=O) groups excluding carboxylic acids is 1. The average molecular weight is 279 g/mol. The highest BCUT2D eigenvalue weighted by molar-refractivity contribution is 5.86. The number of nitrogens with zero attached hydrogens (tertiary/aromatic N) is 1. The molecule has 0 saturated carbocycles. The Morgan fingerprint density at radius 2 is 2.10 bits per heavy atom. The fourth-order valence-electron chi connectivity index (χ4n) is 2.13. The highest BCUT2D eigenvalue weighted by Crippen LogP contribution is 2.18. The Balaban J connectivity index is 1.78. The van der Waals surface area contributed by atoms with Crippen molar-refractivity contribution in [3.05, 3.63) is 30.3 Å². The van der Waals surface area contributed by atoms with Gasteiger partial charge in [-0.2, -0.15) is 0 Å². The number of carboxylic acid groups (broad SMARTS) is 1. The van der Waals surface area contributed by atoms with Gasteiger partial charge in [0.05, 0.1) is 5.92 Å². The number of carboxylic acids is 1. The van der Waals surface area contributed by atoms with Gasteiger partial charge >= 0.3 is 5.97 Å². The van der Waals surface area contributed by atoms with E-state index in [-0.39, 0.29) is 32.0 Å². The van der Waals surface area contributed by atoms with E-state index in [1.54, 1.807) is 12.1 Å². The van der Waals surface area contributed by atoms with Crippen molar-refractivity contribution in [3.8, 4) is 5.75 Å². The van der Waals surface area contributed by atoms with Gasteiger partial charge in [-0.15, -0.1) is 0 Å². The van der Waals surface area contributed by atoms with E-state index in [2.05, 4.69) is 0 Å². The molecule has 0 aromatic heterocycles. The second kappa shape index (κ2) is 6.38. The molecule has 0 bridgehead atoms. The molecule has 6 heteroatoms. The Kier molecular flexibility index (Phi) is 4.57. The lowest BCUT2D eigenvalue weighted by Crippen LogP contribution is -2.37. The first-order chi connectivity index (χ1) is 9.56. The monoisotopic (exact) mass is 279 g/mol. The van der Waals surface area contributed by atoms with Gasteiger partial charge in [0.2, 0.25) is 5.91 Å². The Morgan fingerprint density at radius 1 is 1.40 bits per heavy atom. The summed E-state index contributed by atoms with van der Waals surface area (Å²) in [6.45, 7) is 0.303. The number of benzene rings is 1. The number of aliphatic hydroxyl groups is 1. The van der Waals surface area contributed by atoms with E-state index in [9.17, 15) is 14.7 Å². The number of rotatable bonds is 6. The normalized spacial score (nSPS) is 19.9. The molecule has 1 aromatic carbocycles. The Labute approximate surface area is 116 Å². The molecule has 2 N–H and O–H groups in total. The molecular formula is C14H17NO5. The second-order valence-corrected chi connectivity index (χ2v) is 4.82. The highest BCUT2D eigenvalue weighted by Gasteiger charge is 2.34. The zero-order valence-corrected chi connectivity index (χ0v) is 10.9. The minimum atomic E-state index is -0.976. The van der Waals surface area contributed by atoms with Crippen molar-refractivity contribution in [2.24, 2.45) is 5.92 Å². The summed E-state index contributed by atoms with van der Waals surface area (Å²) in [6, 6.07) is 9.05. The van der Waals surface area contributed by atoms with Gasteiger partial charge in [0.15, 0.2) is 0 Å². The Bertz CT molecular complexity index is 476. The molecule has 20 heavy (non-hydrogen) atoms. The Morgan fingerprint density at radius 3 is 2.70 bits per heavy atom. The Hall–Kier alpha value is -2.08. The minimum Gasteiger partial charge on any atom is -0.491 e. The number of ether oxygens (including phenoxy) is 1. The van der Waals surface area contributed by atoms with Gasteiger partial charge in [-0.05, 0) is 12.1 Å². The van der Waals surface area contributed by atoms with Crippen LogP contribution >= 0.6 is 0 Å². The number of aliphatic carboxylic acids is 1. The van der Waals surface area contributed by atoms with E-state index in [0.717, 1.165) is 0 Å². The van der Waals surface area contributed by atoms with Crippen molar-refractivity contribution in [2.45, 2.75) is 12.5 Å². The summed E-state index contributed by atoms with van der Waals surface area (Å²) in [5, 5.41) is 18.7. The maximum atomic E-state index is 11.6. The molecule has 1 aliphatic heterocycles. The van der Waals surface area contributed by atoms with Gasteiger partial charge in [-0.1, -0.05) is 18.2 Å². The summed E-state index contributed by atoms with van der Waals surface area (Å²) in [5.41, 5.74) is 0. The maximum absolute atomic E-state index is 11.6. The zero-order chi connectivity index (χ0) is 14.5. The maximum Gasteiger partial charge on any atom is 0.308 e. The van der Waals surface area contributed by atoms with E-state index >= 15 is 0 Å². The van der Waals surface area contributed by atoms with Crippen molar-refractivity contribution in [3.63, 3.8) is 0 Å². The number of carbonyl (C=O) groups is 2. The van der Waals surface area contributed by atoms with E-state index in [1.165, 1.54) is 4.90 Å². The predicted octanol–water partition coefficient (Wildman–Crippen LogP) is 0.359. The van der Waals surface area contributed by atoms with Gasteiger partial charge < -0.3 is 19.8 Å². The molecule has 1 saturated heterocycles. The molecule has 2 unspecified atom stereocenters. The van der Waals surface area contributed by atoms with Crippen LogP contribution in [0.3, 0.4) is 0 Å². The molecule has 1 aromatic rings. The van der Waals surface area contributed by atoms with Crippen LogP contribution in [0.5, 0.6) is 5.75 Å². The highest BCUT2D eigenvalue weighted by atomic mass is 16.5. The molecule has 0 spiro atoms. The number of amides is 1. The van der Waals surface area contributed by atoms with Crippen molar-refractivity contribution in [2.75, 3.05) is 19.7 Å². The lowest BCUT2D eigenvalue weighted by Gasteiger charge is -2.20. The molecule has 108 valence electrons. The molecule has 1 fully saturated rings. The van der Waals surface area contributed by atoms with Crippen molar-refractivity contribution in [1.82, 2.24) is 4.90 Å². The standard InChI is InChI=1S/C14H17NO5/c16-11(9-20-12-4-2-1-3-5-12)8-15-7-10(14(18)19)6-13(15)17/h1-5,10-11,16H,6-9H2,(H,18,19). The fourth-order valence-corrected chi connectivity index (χ4v) is 2.13. The van der Waals surface area contributed by atoms with Gasteiger partial charge in [0, 0.05) is 19.5 Å². The van der Waals surface area contributed by atoms with Crippen LogP contribution in [0.1, 0.15) is 6.42 Å². The third-order valence-corrected chi connectivity index (χ3v) is 3.18. The van der Waals surface area contributed by atoms with Crippen molar-refractivity contribution in [1.29, 1.82) is 0 Å². The predicted molar refractivity (Wildman–Crippen MR) is 70.3 cm³/mol. The lowest BCUT2D eigenvalue weighted by atomic mass is 10.1. The van der Waals surface area contributed by atoms with Gasteiger partial charge in [-0.3, -0.25) is 9.59 Å². The molecule has 0 aliphatic carbocycles. The number of hydrogen-bond acceptors (Lipinski definition) is 4. The first kappa shape index (κ1) is 14.3. The third-order valence-electron chi connectivity index (χ3n) is 3.18. The molecule has 2 rings (SSSR count). The molecule has 6 nitrogen and oxygen atoms in total. The SMILES string of the molecule is O=C(O)C1CC(=O)N(CC(O)COc2ccccc2)C1. The molecule has 1 heterocycles. The van der Waals surface area contributed by atoms with E-state index in [1.807, 2.05) is 18.2 Å². The fraction of sp³-hybridized carbons (Fsp3) is 0.429. The second-order valence-electron chi connectivity index (χ2n) is 4.82. The number of aliphatic hydroxyl groups excluding tert-OH is 1. The van der Waals surface area contributed by atoms with Crippen LogP contribution in [0, 0.1) is 5.92 Å². The summed E-state index contributed by atoms with van der Waals surface area (Å²) in [6.07, 6.45) is -0.839. The van der Waals surface area contributed by atoms with E-state index in [0.29, 0.717) is 5.75 Å². The summed E-state index contributed by atoms with van der Waals surface area (Å²) < 4.78 is 5.38. The topological polar surface area (TPSA) is 87.1 Å². The smallest absolute Gasteiger partial charge is 0.308 e. The van der Waals surface area contributed by atoms with Crippen LogP contribution in [0.25, 0.3) is 0 Å². The van der Waals surface area contributed by atoms with Crippen LogP contribution in [-0.2, 0) is 9.59 Å². The lowest BCUT2D eigenvalue weighted by molar-refractivity contribution is -0.141. The van der Waals surface area contributed by atoms with Gasteiger partial charge in [-0.25, -0.2) is 0 Å². The number of likely N-dealkylation sites (tertiary alicyclic amines) is 1. The number of β-amino-alcohol motifs (C(OH)–C–C–N with tert-alkyl or cyclic N) is 1. The molecule has 1 aliphatic rings. The minimum absolute atomic E-state index is 0.00158. The van der Waals surface area contributed by atoms with Gasteiger partial charge in [0.25, 0.3) is 0 Å². The number of hydrogen-bond donors (Lipinski definition) is 2. The quantitative estimate of drug-likeness (QED) is 0.785. The largest absolute Gasteiger partial charge is 0.491 e.